The van der Waals surface area contributed by atoms with Crippen LogP contribution in [0.4, 0.5) is 0 Å². The molecule has 1 aliphatic rings. The summed E-state index contributed by atoms with van der Waals surface area (Å²) in [5.41, 5.74) is 0.779. The first-order valence-corrected chi connectivity index (χ1v) is 7.35. The first kappa shape index (κ1) is 14.9. The zero-order valence-electron chi connectivity index (χ0n) is 11.6. The summed E-state index contributed by atoms with van der Waals surface area (Å²) >= 11 is 1.42. The van der Waals surface area contributed by atoms with Crippen molar-refractivity contribution in [2.24, 2.45) is 0 Å². The van der Waals surface area contributed by atoms with E-state index in [0.717, 1.165) is 10.7 Å². The molecule has 0 atom stereocenters. The Morgan fingerprint density at radius 2 is 2.05 bits per heavy atom. The van der Waals surface area contributed by atoms with Crippen LogP contribution in [0.1, 0.15) is 33.2 Å². The number of aromatic nitrogens is 1. The number of hydrogen-bond donors (Lipinski definition) is 1. The van der Waals surface area contributed by atoms with Gasteiger partial charge in [0.1, 0.15) is 11.5 Å². The van der Waals surface area contributed by atoms with Gasteiger partial charge in [-0.1, -0.05) is 0 Å². The molecule has 1 aromatic rings. The number of rotatable bonds is 4. The van der Waals surface area contributed by atoms with Crippen LogP contribution < -0.4 is 0 Å². The van der Waals surface area contributed by atoms with E-state index in [4.69, 9.17) is 9.84 Å². The second-order valence-corrected chi connectivity index (χ2v) is 6.05. The van der Waals surface area contributed by atoms with Gasteiger partial charge < -0.3 is 14.7 Å². The molecule has 1 aliphatic heterocycles. The number of piperidine rings is 1. The van der Waals surface area contributed by atoms with Crippen molar-refractivity contribution in [1.29, 1.82) is 0 Å². The number of carbonyl (C=O) groups excluding carboxylic acids is 1. The molecule has 0 bridgehead atoms. The van der Waals surface area contributed by atoms with Crippen LogP contribution in [-0.4, -0.2) is 52.7 Å². The molecule has 0 saturated carbocycles. The number of aliphatic carboxylic acids is 1. The van der Waals surface area contributed by atoms with Crippen LogP contribution in [0.15, 0.2) is 0 Å². The van der Waals surface area contributed by atoms with E-state index in [-0.39, 0.29) is 18.6 Å². The Morgan fingerprint density at radius 3 is 2.55 bits per heavy atom. The van der Waals surface area contributed by atoms with Gasteiger partial charge in [0.25, 0.3) is 5.91 Å². The first-order valence-electron chi connectivity index (χ1n) is 6.54. The Balaban J connectivity index is 1.89. The molecule has 0 aromatic carbocycles. The number of nitrogens with zero attached hydrogens (tertiary/aromatic N) is 2. The van der Waals surface area contributed by atoms with E-state index in [9.17, 15) is 9.59 Å². The fourth-order valence-electron chi connectivity index (χ4n) is 2.29. The van der Waals surface area contributed by atoms with Gasteiger partial charge in [0.2, 0.25) is 0 Å². The number of hydrogen-bond acceptors (Lipinski definition) is 5. The van der Waals surface area contributed by atoms with E-state index >= 15 is 0 Å². The van der Waals surface area contributed by atoms with Gasteiger partial charge in [0.05, 0.1) is 16.8 Å². The summed E-state index contributed by atoms with van der Waals surface area (Å²) in [6, 6.07) is 0. The zero-order chi connectivity index (χ0) is 14.7. The molecule has 1 aromatic heterocycles. The maximum Gasteiger partial charge on any atom is 0.329 e. The minimum absolute atomic E-state index is 0.0183. The van der Waals surface area contributed by atoms with Crippen molar-refractivity contribution in [2.75, 3.05) is 19.7 Å². The van der Waals surface area contributed by atoms with Crippen LogP contribution in [0.25, 0.3) is 0 Å². The van der Waals surface area contributed by atoms with Gasteiger partial charge >= 0.3 is 5.97 Å². The van der Waals surface area contributed by atoms with Crippen LogP contribution in [0, 0.1) is 13.8 Å². The van der Waals surface area contributed by atoms with Crippen LogP contribution >= 0.6 is 11.3 Å². The number of ether oxygens (including phenoxy) is 1. The lowest BCUT2D eigenvalue weighted by Gasteiger charge is -2.31. The quantitative estimate of drug-likeness (QED) is 0.910. The van der Waals surface area contributed by atoms with Gasteiger partial charge in [-0.2, -0.15) is 0 Å². The molecule has 20 heavy (non-hydrogen) atoms. The monoisotopic (exact) mass is 298 g/mol. The summed E-state index contributed by atoms with van der Waals surface area (Å²) in [5.74, 6) is -0.941. The Hall–Kier alpha value is -1.47. The van der Waals surface area contributed by atoms with Crippen molar-refractivity contribution in [3.05, 3.63) is 15.6 Å². The Kier molecular flexibility index (Phi) is 4.72. The molecule has 0 aliphatic carbocycles. The lowest BCUT2D eigenvalue weighted by molar-refractivity contribution is -0.145. The third-order valence-electron chi connectivity index (χ3n) is 3.27. The zero-order valence-corrected chi connectivity index (χ0v) is 12.4. The molecule has 0 spiro atoms. The number of carboxylic acids is 1. The molecule has 1 saturated heterocycles. The molecule has 2 rings (SSSR count). The number of carbonyl (C=O) groups is 2. The summed E-state index contributed by atoms with van der Waals surface area (Å²) in [6.45, 7) is 4.66. The second kappa shape index (κ2) is 6.32. The van der Waals surface area contributed by atoms with Gasteiger partial charge in [0, 0.05) is 13.1 Å². The van der Waals surface area contributed by atoms with Crippen molar-refractivity contribution in [3.8, 4) is 0 Å². The van der Waals surface area contributed by atoms with Crippen molar-refractivity contribution < 1.29 is 19.4 Å². The van der Waals surface area contributed by atoms with E-state index in [1.807, 2.05) is 13.8 Å². The van der Waals surface area contributed by atoms with E-state index in [1.54, 1.807) is 4.90 Å². The summed E-state index contributed by atoms with van der Waals surface area (Å²) in [7, 11) is 0. The van der Waals surface area contributed by atoms with Crippen LogP contribution in [0.5, 0.6) is 0 Å². The van der Waals surface area contributed by atoms with Crippen molar-refractivity contribution in [3.63, 3.8) is 0 Å². The molecular formula is C13H18N2O4S. The number of carboxylic acid groups (broad SMARTS) is 1. The summed E-state index contributed by atoms with van der Waals surface area (Å²) in [4.78, 5) is 29.6. The lowest BCUT2D eigenvalue weighted by Crippen LogP contribution is -2.41. The molecule has 2 heterocycles. The standard InChI is InChI=1S/C13H18N2O4S/c1-8-12(20-9(2)14-8)13(18)15-5-3-10(4-6-15)19-7-11(16)17/h10H,3-7H2,1-2H3,(H,16,17). The SMILES string of the molecule is Cc1nc(C)c(C(=O)N2CCC(OCC(=O)O)CC2)s1. The number of aryl methyl sites for hydroxylation is 2. The highest BCUT2D eigenvalue weighted by Crippen LogP contribution is 2.22. The Bertz CT molecular complexity index is 506. The van der Waals surface area contributed by atoms with Crippen LogP contribution in [0.2, 0.25) is 0 Å². The predicted octanol–water partition coefficient (Wildman–Crippen LogP) is 1.47. The molecule has 0 radical (unpaired) electrons. The highest BCUT2D eigenvalue weighted by atomic mass is 32.1. The van der Waals surface area contributed by atoms with E-state index in [1.165, 1.54) is 11.3 Å². The number of likely N-dealkylation sites (tertiary alicyclic amines) is 1. The number of thiazole rings is 1. The molecule has 1 N–H and O–H groups in total. The third-order valence-corrected chi connectivity index (χ3v) is 4.33. The second-order valence-electron chi connectivity index (χ2n) is 4.84. The number of amides is 1. The Labute approximate surface area is 121 Å². The van der Waals surface area contributed by atoms with Gasteiger partial charge in [-0.3, -0.25) is 4.79 Å². The molecule has 110 valence electrons. The average Bonchev–Trinajstić information content (AvgIpc) is 2.75. The van der Waals surface area contributed by atoms with Gasteiger partial charge in [0.15, 0.2) is 0 Å². The van der Waals surface area contributed by atoms with Crippen molar-refractivity contribution in [2.45, 2.75) is 32.8 Å². The Morgan fingerprint density at radius 1 is 1.40 bits per heavy atom. The minimum Gasteiger partial charge on any atom is -0.480 e. The topological polar surface area (TPSA) is 79.7 Å². The van der Waals surface area contributed by atoms with Gasteiger partial charge in [-0.05, 0) is 26.7 Å². The maximum absolute atomic E-state index is 12.4. The van der Waals surface area contributed by atoms with Crippen LogP contribution in [0.3, 0.4) is 0 Å². The summed E-state index contributed by atoms with van der Waals surface area (Å²) in [5, 5.41) is 9.46. The van der Waals surface area contributed by atoms with Crippen molar-refractivity contribution in [1.82, 2.24) is 9.88 Å². The normalized spacial score (nSPS) is 16.4. The largest absolute Gasteiger partial charge is 0.480 e. The third kappa shape index (κ3) is 3.55. The highest BCUT2D eigenvalue weighted by molar-refractivity contribution is 7.13. The first-order chi connectivity index (χ1) is 9.47. The highest BCUT2D eigenvalue weighted by Gasteiger charge is 2.26. The van der Waals surface area contributed by atoms with E-state index in [2.05, 4.69) is 4.98 Å². The molecule has 6 nitrogen and oxygen atoms in total. The molecular weight excluding hydrogens is 280 g/mol. The molecule has 1 fully saturated rings. The van der Waals surface area contributed by atoms with E-state index < -0.39 is 5.97 Å². The average molecular weight is 298 g/mol. The van der Waals surface area contributed by atoms with Gasteiger partial charge in [-0.15, -0.1) is 11.3 Å². The maximum atomic E-state index is 12.4. The van der Waals surface area contributed by atoms with Crippen molar-refractivity contribution >= 4 is 23.2 Å². The smallest absolute Gasteiger partial charge is 0.329 e. The molecule has 1 amide bonds. The van der Waals surface area contributed by atoms with E-state index in [0.29, 0.717) is 30.8 Å². The fourth-order valence-corrected chi connectivity index (χ4v) is 3.18. The minimum atomic E-state index is -0.959. The van der Waals surface area contributed by atoms with Gasteiger partial charge in [-0.25, -0.2) is 9.78 Å². The summed E-state index contributed by atoms with van der Waals surface area (Å²) in [6.07, 6.45) is 1.28. The predicted molar refractivity (Wildman–Crippen MR) is 74.1 cm³/mol. The lowest BCUT2D eigenvalue weighted by atomic mass is 10.1. The van der Waals surface area contributed by atoms with Crippen LogP contribution in [-0.2, 0) is 9.53 Å². The summed E-state index contributed by atoms with van der Waals surface area (Å²) < 4.78 is 5.26. The molecule has 0 unspecified atom stereocenters. The molecule has 7 heteroatoms. The fraction of sp³-hybridized carbons (Fsp3) is 0.615.